The maximum absolute atomic E-state index is 12.8. The van der Waals surface area contributed by atoms with Gasteiger partial charge in [-0.3, -0.25) is 4.79 Å². The van der Waals surface area contributed by atoms with Crippen LogP contribution in [-0.2, 0) is 19.6 Å². The normalized spacial score (nSPS) is 15.3. The Morgan fingerprint density at radius 2 is 1.90 bits per heavy atom. The lowest BCUT2D eigenvalue weighted by molar-refractivity contribution is -0.113. The average Bonchev–Trinajstić information content (AvgIpc) is 2.71. The van der Waals surface area contributed by atoms with Crippen LogP contribution in [0.3, 0.4) is 0 Å². The van der Waals surface area contributed by atoms with Gasteiger partial charge in [-0.1, -0.05) is 29.3 Å². The molecular formula is C19H20Cl2N2O4S2. The maximum atomic E-state index is 12.8. The van der Waals surface area contributed by atoms with Crippen molar-refractivity contribution >= 4 is 56.6 Å². The number of nitrogens with zero attached hydrogens (tertiary/aromatic N) is 1. The number of thioether (sulfide) groups is 1. The number of aryl methyl sites for hydroxylation is 1. The molecule has 0 saturated carbocycles. The van der Waals surface area contributed by atoms with Crippen molar-refractivity contribution in [3.05, 3.63) is 52.0 Å². The molecule has 1 saturated heterocycles. The Bertz CT molecular complexity index is 1010. The second kappa shape index (κ2) is 9.68. The molecule has 1 fully saturated rings. The fourth-order valence-electron chi connectivity index (χ4n) is 2.75. The number of benzene rings is 2. The number of morpholine rings is 1. The summed E-state index contributed by atoms with van der Waals surface area (Å²) in [5.74, 6) is -0.157. The number of anilines is 1. The number of hydrogen-bond donors (Lipinski definition) is 1. The Morgan fingerprint density at radius 1 is 1.17 bits per heavy atom. The number of carbonyl (C=O) groups is 1. The summed E-state index contributed by atoms with van der Waals surface area (Å²) in [4.78, 5) is 13.3. The largest absolute Gasteiger partial charge is 0.379 e. The van der Waals surface area contributed by atoms with Gasteiger partial charge in [-0.25, -0.2) is 8.42 Å². The Balaban J connectivity index is 1.71. The molecule has 1 heterocycles. The molecule has 0 aromatic heterocycles. The van der Waals surface area contributed by atoms with Crippen LogP contribution in [-0.4, -0.2) is 50.7 Å². The van der Waals surface area contributed by atoms with Gasteiger partial charge in [0.25, 0.3) is 0 Å². The molecule has 0 radical (unpaired) electrons. The fourth-order valence-corrected chi connectivity index (χ4v) is 5.48. The summed E-state index contributed by atoms with van der Waals surface area (Å²) >= 11 is 13.3. The molecule has 0 aliphatic carbocycles. The van der Waals surface area contributed by atoms with E-state index in [4.69, 9.17) is 27.9 Å². The average molecular weight is 475 g/mol. The zero-order valence-electron chi connectivity index (χ0n) is 15.7. The lowest BCUT2D eigenvalue weighted by Gasteiger charge is -2.26. The van der Waals surface area contributed by atoms with E-state index in [9.17, 15) is 13.2 Å². The third-order valence-electron chi connectivity index (χ3n) is 4.34. The molecule has 10 heteroatoms. The zero-order valence-corrected chi connectivity index (χ0v) is 18.8. The molecule has 6 nitrogen and oxygen atoms in total. The Labute approximate surface area is 184 Å². The first kappa shape index (κ1) is 22.4. The van der Waals surface area contributed by atoms with Gasteiger partial charge in [0.1, 0.15) is 0 Å². The molecule has 1 aliphatic rings. The van der Waals surface area contributed by atoms with Gasteiger partial charge >= 0.3 is 0 Å². The van der Waals surface area contributed by atoms with E-state index >= 15 is 0 Å². The zero-order chi connectivity index (χ0) is 21.0. The van der Waals surface area contributed by atoms with Gasteiger partial charge in [0.05, 0.1) is 28.9 Å². The summed E-state index contributed by atoms with van der Waals surface area (Å²) in [5.41, 5.74) is 1.23. The standard InChI is InChI=1S/C19H20Cl2N2O4S2/c1-13-2-4-15(29(25,26)23-6-8-27-9-7-23)11-17(13)22-19(24)12-28-18-10-14(20)3-5-16(18)21/h2-5,10-11H,6-9,12H2,1H3,(H,22,24). The number of rotatable bonds is 6. The molecule has 0 spiro atoms. The lowest BCUT2D eigenvalue weighted by Crippen LogP contribution is -2.40. The van der Waals surface area contributed by atoms with Gasteiger partial charge in [-0.15, -0.1) is 11.8 Å². The summed E-state index contributed by atoms with van der Waals surface area (Å²) in [5, 5.41) is 3.84. The van der Waals surface area contributed by atoms with E-state index in [-0.39, 0.29) is 16.6 Å². The number of nitrogens with one attached hydrogen (secondary N) is 1. The van der Waals surface area contributed by atoms with Crippen LogP contribution < -0.4 is 5.32 Å². The Hall–Kier alpha value is -1.29. The van der Waals surface area contributed by atoms with Crippen LogP contribution in [0.5, 0.6) is 0 Å². The van der Waals surface area contributed by atoms with Crippen LogP contribution in [0.4, 0.5) is 5.69 Å². The molecule has 2 aromatic rings. The van der Waals surface area contributed by atoms with Crippen molar-refractivity contribution in [2.45, 2.75) is 16.7 Å². The molecule has 3 rings (SSSR count). The van der Waals surface area contributed by atoms with E-state index in [1.165, 1.54) is 22.1 Å². The highest BCUT2D eigenvalue weighted by molar-refractivity contribution is 8.00. The highest BCUT2D eigenvalue weighted by atomic mass is 35.5. The summed E-state index contributed by atoms with van der Waals surface area (Å²) in [6.07, 6.45) is 0. The Morgan fingerprint density at radius 3 is 2.62 bits per heavy atom. The highest BCUT2D eigenvalue weighted by Crippen LogP contribution is 2.30. The Kier molecular flexibility index (Phi) is 7.47. The van der Waals surface area contributed by atoms with Gasteiger partial charge in [-0.2, -0.15) is 4.31 Å². The van der Waals surface area contributed by atoms with Crippen LogP contribution in [0.2, 0.25) is 10.0 Å². The van der Waals surface area contributed by atoms with Gasteiger partial charge < -0.3 is 10.1 Å². The minimum absolute atomic E-state index is 0.111. The number of carbonyl (C=O) groups excluding carboxylic acids is 1. The van der Waals surface area contributed by atoms with Crippen LogP contribution >= 0.6 is 35.0 Å². The van der Waals surface area contributed by atoms with Crippen molar-refractivity contribution in [2.75, 3.05) is 37.4 Å². The first-order valence-electron chi connectivity index (χ1n) is 8.83. The van der Waals surface area contributed by atoms with Crippen LogP contribution in [0.1, 0.15) is 5.56 Å². The van der Waals surface area contributed by atoms with Crippen molar-refractivity contribution in [1.82, 2.24) is 4.31 Å². The summed E-state index contributed by atoms with van der Waals surface area (Å²) in [6, 6.07) is 9.78. The van der Waals surface area contributed by atoms with Gasteiger partial charge in [0, 0.05) is 28.7 Å². The van der Waals surface area contributed by atoms with E-state index in [1.807, 2.05) is 6.92 Å². The molecule has 0 atom stereocenters. The minimum Gasteiger partial charge on any atom is -0.379 e. The van der Waals surface area contributed by atoms with Crippen molar-refractivity contribution in [1.29, 1.82) is 0 Å². The van der Waals surface area contributed by atoms with E-state index < -0.39 is 10.0 Å². The maximum Gasteiger partial charge on any atom is 0.243 e. The summed E-state index contributed by atoms with van der Waals surface area (Å²) < 4.78 is 32.3. The van der Waals surface area contributed by atoms with Crippen molar-refractivity contribution in [3.63, 3.8) is 0 Å². The molecule has 1 amide bonds. The predicted octanol–water partition coefficient (Wildman–Crippen LogP) is 4.05. The second-order valence-electron chi connectivity index (χ2n) is 6.40. The van der Waals surface area contributed by atoms with Gasteiger partial charge in [-0.05, 0) is 42.8 Å². The smallest absolute Gasteiger partial charge is 0.243 e. The third kappa shape index (κ3) is 5.65. The van der Waals surface area contributed by atoms with Crippen LogP contribution in [0, 0.1) is 6.92 Å². The molecular weight excluding hydrogens is 455 g/mol. The lowest BCUT2D eigenvalue weighted by atomic mass is 10.2. The van der Waals surface area contributed by atoms with E-state index in [0.29, 0.717) is 46.9 Å². The topological polar surface area (TPSA) is 75.7 Å². The quantitative estimate of drug-likeness (QED) is 0.638. The summed E-state index contributed by atoms with van der Waals surface area (Å²) in [6.45, 7) is 3.18. The number of halogens is 2. The van der Waals surface area contributed by atoms with Crippen molar-refractivity contribution in [2.24, 2.45) is 0 Å². The van der Waals surface area contributed by atoms with E-state index in [1.54, 1.807) is 30.3 Å². The third-order valence-corrected chi connectivity index (χ3v) is 7.97. The number of hydrogen-bond acceptors (Lipinski definition) is 5. The first-order valence-corrected chi connectivity index (χ1v) is 12.0. The van der Waals surface area contributed by atoms with Gasteiger partial charge in [0.2, 0.25) is 15.9 Å². The second-order valence-corrected chi connectivity index (χ2v) is 10.2. The molecule has 156 valence electrons. The number of amides is 1. The number of sulfonamides is 1. The predicted molar refractivity (Wildman–Crippen MR) is 117 cm³/mol. The molecule has 1 aliphatic heterocycles. The van der Waals surface area contributed by atoms with Crippen molar-refractivity contribution < 1.29 is 17.9 Å². The molecule has 0 unspecified atom stereocenters. The molecule has 29 heavy (non-hydrogen) atoms. The first-order chi connectivity index (χ1) is 13.8. The van der Waals surface area contributed by atoms with E-state index in [2.05, 4.69) is 5.32 Å². The van der Waals surface area contributed by atoms with Gasteiger partial charge in [0.15, 0.2) is 0 Å². The van der Waals surface area contributed by atoms with Crippen LogP contribution in [0.25, 0.3) is 0 Å². The monoisotopic (exact) mass is 474 g/mol. The number of ether oxygens (including phenoxy) is 1. The SMILES string of the molecule is Cc1ccc(S(=O)(=O)N2CCOCC2)cc1NC(=O)CSc1cc(Cl)ccc1Cl. The fraction of sp³-hybridized carbons (Fsp3) is 0.316. The van der Waals surface area contributed by atoms with E-state index in [0.717, 1.165) is 5.56 Å². The summed E-state index contributed by atoms with van der Waals surface area (Å²) in [7, 11) is -3.64. The van der Waals surface area contributed by atoms with Crippen molar-refractivity contribution in [3.8, 4) is 0 Å². The molecule has 2 aromatic carbocycles. The van der Waals surface area contributed by atoms with Crippen LogP contribution in [0.15, 0.2) is 46.2 Å². The minimum atomic E-state index is -3.64. The molecule has 1 N–H and O–H groups in total. The highest BCUT2D eigenvalue weighted by Gasteiger charge is 2.26. The molecule has 0 bridgehead atoms.